The molecule has 2 aromatic rings. The molecule has 6 nitrogen and oxygen atoms in total. The Morgan fingerprint density at radius 3 is 2.43 bits per heavy atom. The molecule has 0 amide bonds. The highest BCUT2D eigenvalue weighted by Crippen LogP contribution is 2.24. The number of esters is 1. The fourth-order valence-electron chi connectivity index (χ4n) is 2.26. The van der Waals surface area contributed by atoms with Gasteiger partial charge in [0.1, 0.15) is 10.6 Å². The normalized spacial score (nSPS) is 11.3. The summed E-state index contributed by atoms with van der Waals surface area (Å²) in [7, 11) is -2.19. The number of sulfonamides is 1. The molecule has 124 valence electrons. The van der Waals surface area contributed by atoms with Gasteiger partial charge in [-0.25, -0.2) is 13.2 Å². The summed E-state index contributed by atoms with van der Waals surface area (Å²) in [5.74, 6) is -0.552. The van der Waals surface area contributed by atoms with Crippen molar-refractivity contribution in [2.75, 3.05) is 11.3 Å². The van der Waals surface area contributed by atoms with Crippen LogP contribution in [0.1, 0.15) is 28.5 Å². The summed E-state index contributed by atoms with van der Waals surface area (Å²) in [6.07, 6.45) is 1.39. The molecule has 1 N–H and O–H groups in total. The Balaban J connectivity index is 2.37. The van der Waals surface area contributed by atoms with E-state index in [4.69, 9.17) is 4.74 Å². The average molecular weight is 336 g/mol. The summed E-state index contributed by atoms with van der Waals surface area (Å²) < 4.78 is 34.1. The fraction of sp³-hybridized carbons (Fsp3) is 0.312. The van der Waals surface area contributed by atoms with Crippen LogP contribution >= 0.6 is 0 Å². The number of carbonyl (C=O) groups excluding carboxylic acids is 1. The quantitative estimate of drug-likeness (QED) is 0.852. The van der Waals surface area contributed by atoms with E-state index in [2.05, 4.69) is 4.72 Å². The summed E-state index contributed by atoms with van der Waals surface area (Å²) in [5, 5.41) is 0. The van der Waals surface area contributed by atoms with Crippen molar-refractivity contribution in [1.29, 1.82) is 0 Å². The van der Waals surface area contributed by atoms with Gasteiger partial charge in [-0.2, -0.15) is 0 Å². The lowest BCUT2D eigenvalue weighted by atomic mass is 10.1. The second-order valence-corrected chi connectivity index (χ2v) is 6.95. The molecular weight excluding hydrogens is 316 g/mol. The molecule has 0 saturated carbocycles. The molecule has 0 aliphatic heterocycles. The Labute approximate surface area is 136 Å². The lowest BCUT2D eigenvalue weighted by Crippen LogP contribution is -2.14. The second kappa shape index (κ2) is 6.45. The van der Waals surface area contributed by atoms with Gasteiger partial charge in [-0.15, -0.1) is 0 Å². The number of aromatic nitrogens is 1. The van der Waals surface area contributed by atoms with E-state index in [9.17, 15) is 13.2 Å². The smallest absolute Gasteiger partial charge is 0.354 e. The van der Waals surface area contributed by atoms with E-state index in [0.717, 1.165) is 11.1 Å². The first-order valence-corrected chi connectivity index (χ1v) is 8.67. The van der Waals surface area contributed by atoms with Crippen LogP contribution in [0.5, 0.6) is 0 Å². The maximum absolute atomic E-state index is 12.6. The topological polar surface area (TPSA) is 77.4 Å². The van der Waals surface area contributed by atoms with Crippen LogP contribution < -0.4 is 4.72 Å². The van der Waals surface area contributed by atoms with Gasteiger partial charge >= 0.3 is 5.97 Å². The Bertz CT molecular complexity index is 818. The number of ether oxygens (including phenoxy) is 1. The summed E-state index contributed by atoms with van der Waals surface area (Å²) >= 11 is 0. The Kier molecular flexibility index (Phi) is 4.79. The number of nitrogens with zero attached hydrogens (tertiary/aromatic N) is 1. The lowest BCUT2D eigenvalue weighted by molar-refractivity contribution is 0.0515. The Morgan fingerprint density at radius 1 is 1.26 bits per heavy atom. The van der Waals surface area contributed by atoms with E-state index < -0.39 is 16.0 Å². The lowest BCUT2D eigenvalue weighted by Gasteiger charge is -2.12. The van der Waals surface area contributed by atoms with E-state index in [-0.39, 0.29) is 17.2 Å². The van der Waals surface area contributed by atoms with E-state index in [0.29, 0.717) is 5.69 Å². The first kappa shape index (κ1) is 17.1. The molecule has 0 aliphatic carbocycles. The van der Waals surface area contributed by atoms with Crippen molar-refractivity contribution >= 4 is 21.7 Å². The van der Waals surface area contributed by atoms with Crippen LogP contribution in [0.15, 0.2) is 35.4 Å². The number of hydrogen-bond acceptors (Lipinski definition) is 4. The van der Waals surface area contributed by atoms with Gasteiger partial charge in [0.05, 0.1) is 12.3 Å². The predicted molar refractivity (Wildman–Crippen MR) is 88.1 cm³/mol. The number of aryl methyl sites for hydroxylation is 3. The minimum Gasteiger partial charge on any atom is -0.461 e. The largest absolute Gasteiger partial charge is 0.461 e. The van der Waals surface area contributed by atoms with E-state index >= 15 is 0 Å². The minimum absolute atomic E-state index is 0.0192. The van der Waals surface area contributed by atoms with E-state index in [1.807, 2.05) is 32.0 Å². The van der Waals surface area contributed by atoms with Crippen LogP contribution in [-0.4, -0.2) is 25.6 Å². The number of carbonyl (C=O) groups is 1. The third-order valence-corrected chi connectivity index (χ3v) is 4.81. The number of nitrogens with one attached hydrogen (secondary N) is 1. The minimum atomic E-state index is -3.79. The average Bonchev–Trinajstić information content (AvgIpc) is 2.86. The number of para-hydroxylation sites is 1. The van der Waals surface area contributed by atoms with Crippen LogP contribution in [0.3, 0.4) is 0 Å². The van der Waals surface area contributed by atoms with Crippen LogP contribution in [-0.2, 0) is 21.8 Å². The van der Waals surface area contributed by atoms with Gasteiger partial charge < -0.3 is 9.30 Å². The zero-order valence-corrected chi connectivity index (χ0v) is 14.4. The highest BCUT2D eigenvalue weighted by atomic mass is 32.2. The molecule has 0 aliphatic rings. The number of rotatable bonds is 5. The highest BCUT2D eigenvalue weighted by Gasteiger charge is 2.22. The Hall–Kier alpha value is -2.28. The molecule has 1 aromatic carbocycles. The van der Waals surface area contributed by atoms with Gasteiger partial charge in [-0.1, -0.05) is 18.2 Å². The second-order valence-electron chi connectivity index (χ2n) is 5.26. The Morgan fingerprint density at radius 2 is 1.87 bits per heavy atom. The monoisotopic (exact) mass is 336 g/mol. The van der Waals surface area contributed by atoms with Gasteiger partial charge in [0, 0.05) is 13.2 Å². The van der Waals surface area contributed by atoms with Crippen molar-refractivity contribution in [3.05, 3.63) is 47.3 Å². The molecule has 0 bridgehead atoms. The molecule has 1 aromatic heterocycles. The SMILES string of the molecule is CCOC(=O)c1cc(S(=O)(=O)Nc2c(C)cccc2C)cn1C. The molecule has 0 radical (unpaired) electrons. The van der Waals surface area contributed by atoms with E-state index in [1.54, 1.807) is 14.0 Å². The first-order chi connectivity index (χ1) is 10.8. The summed E-state index contributed by atoms with van der Waals surface area (Å²) in [6.45, 7) is 5.59. The number of anilines is 1. The number of benzene rings is 1. The van der Waals surface area contributed by atoms with Crippen molar-refractivity contribution in [2.45, 2.75) is 25.7 Å². The van der Waals surface area contributed by atoms with Crippen molar-refractivity contribution in [2.24, 2.45) is 7.05 Å². The third kappa shape index (κ3) is 3.56. The molecular formula is C16H20N2O4S. The molecule has 2 rings (SSSR count). The molecule has 23 heavy (non-hydrogen) atoms. The molecule has 0 atom stereocenters. The van der Waals surface area contributed by atoms with Crippen molar-refractivity contribution in [3.8, 4) is 0 Å². The van der Waals surface area contributed by atoms with Crippen LogP contribution in [0.2, 0.25) is 0 Å². The van der Waals surface area contributed by atoms with E-state index in [1.165, 1.54) is 16.8 Å². The molecule has 7 heteroatoms. The first-order valence-electron chi connectivity index (χ1n) is 7.18. The van der Waals surface area contributed by atoms with Gasteiger partial charge in [-0.3, -0.25) is 4.72 Å². The van der Waals surface area contributed by atoms with Crippen molar-refractivity contribution in [3.63, 3.8) is 0 Å². The van der Waals surface area contributed by atoms with Gasteiger partial charge in [-0.05, 0) is 38.0 Å². The third-order valence-electron chi connectivity index (χ3n) is 3.49. The van der Waals surface area contributed by atoms with Crippen molar-refractivity contribution < 1.29 is 17.9 Å². The van der Waals surface area contributed by atoms with Gasteiger partial charge in [0.25, 0.3) is 10.0 Å². The van der Waals surface area contributed by atoms with Gasteiger partial charge in [0.2, 0.25) is 0 Å². The molecule has 0 saturated heterocycles. The fourth-order valence-corrected chi connectivity index (χ4v) is 3.53. The summed E-state index contributed by atoms with van der Waals surface area (Å²) in [4.78, 5) is 11.8. The summed E-state index contributed by atoms with van der Waals surface area (Å²) in [5.41, 5.74) is 2.40. The molecule has 0 unspecified atom stereocenters. The zero-order chi connectivity index (χ0) is 17.2. The molecule has 1 heterocycles. The standard InChI is InChI=1S/C16H20N2O4S/c1-5-22-16(19)14-9-13(10-18(14)4)23(20,21)17-15-11(2)7-6-8-12(15)3/h6-10,17H,5H2,1-4H3. The molecule has 0 fully saturated rings. The predicted octanol–water partition coefficient (Wildman–Crippen LogP) is 2.62. The zero-order valence-electron chi connectivity index (χ0n) is 13.6. The maximum Gasteiger partial charge on any atom is 0.354 e. The number of hydrogen-bond donors (Lipinski definition) is 1. The maximum atomic E-state index is 12.6. The highest BCUT2D eigenvalue weighted by molar-refractivity contribution is 7.92. The van der Waals surface area contributed by atoms with Gasteiger partial charge in [0.15, 0.2) is 0 Å². The summed E-state index contributed by atoms with van der Waals surface area (Å²) in [6, 6.07) is 6.84. The molecule has 0 spiro atoms. The van der Waals surface area contributed by atoms with Crippen LogP contribution in [0.25, 0.3) is 0 Å². The van der Waals surface area contributed by atoms with Crippen LogP contribution in [0, 0.1) is 13.8 Å². The van der Waals surface area contributed by atoms with Crippen molar-refractivity contribution in [1.82, 2.24) is 4.57 Å². The van der Waals surface area contributed by atoms with Crippen LogP contribution in [0.4, 0.5) is 5.69 Å².